The lowest BCUT2D eigenvalue weighted by atomic mass is 10.3. The third kappa shape index (κ3) is 2.31. The van der Waals surface area contributed by atoms with Crippen molar-refractivity contribution in [2.24, 2.45) is 0 Å². The molecule has 0 radical (unpaired) electrons. The molecular formula is C14H17N5. The van der Waals surface area contributed by atoms with Crippen LogP contribution in [0.15, 0.2) is 36.7 Å². The van der Waals surface area contributed by atoms with E-state index in [2.05, 4.69) is 45.2 Å². The highest BCUT2D eigenvalue weighted by atomic mass is 15.1. The highest BCUT2D eigenvalue weighted by Gasteiger charge is 2.09. The summed E-state index contributed by atoms with van der Waals surface area (Å²) >= 11 is 0. The van der Waals surface area contributed by atoms with Crippen LogP contribution in [0.3, 0.4) is 0 Å². The van der Waals surface area contributed by atoms with E-state index >= 15 is 0 Å². The van der Waals surface area contributed by atoms with Crippen molar-refractivity contribution in [3.05, 3.63) is 42.5 Å². The molecule has 19 heavy (non-hydrogen) atoms. The van der Waals surface area contributed by atoms with Crippen molar-refractivity contribution < 1.29 is 0 Å². The molecule has 0 saturated carbocycles. The summed E-state index contributed by atoms with van der Waals surface area (Å²) < 4.78 is 2.28. The SMILES string of the molecule is CCCn1c(CNc2cn[nH]c2)nc2ccccc21. The van der Waals surface area contributed by atoms with Crippen LogP contribution in [0.25, 0.3) is 11.0 Å². The molecular weight excluding hydrogens is 238 g/mol. The number of hydrogen-bond donors (Lipinski definition) is 2. The predicted molar refractivity (Wildman–Crippen MR) is 75.9 cm³/mol. The van der Waals surface area contributed by atoms with Gasteiger partial charge in [0.25, 0.3) is 0 Å². The molecule has 0 aliphatic carbocycles. The minimum Gasteiger partial charge on any atom is -0.375 e. The van der Waals surface area contributed by atoms with Gasteiger partial charge >= 0.3 is 0 Å². The zero-order chi connectivity index (χ0) is 13.1. The molecule has 2 N–H and O–H groups in total. The number of para-hydroxylation sites is 2. The van der Waals surface area contributed by atoms with Gasteiger partial charge in [0.05, 0.1) is 29.5 Å². The molecule has 3 rings (SSSR count). The fraction of sp³-hybridized carbons (Fsp3) is 0.286. The average molecular weight is 255 g/mol. The smallest absolute Gasteiger partial charge is 0.129 e. The van der Waals surface area contributed by atoms with E-state index < -0.39 is 0 Å². The van der Waals surface area contributed by atoms with Crippen LogP contribution in [0.4, 0.5) is 5.69 Å². The molecule has 0 amide bonds. The second kappa shape index (κ2) is 5.14. The van der Waals surface area contributed by atoms with Crippen LogP contribution >= 0.6 is 0 Å². The van der Waals surface area contributed by atoms with Crippen molar-refractivity contribution in [1.29, 1.82) is 0 Å². The monoisotopic (exact) mass is 255 g/mol. The van der Waals surface area contributed by atoms with Crippen LogP contribution < -0.4 is 5.32 Å². The zero-order valence-electron chi connectivity index (χ0n) is 10.9. The normalized spacial score (nSPS) is 11.0. The van der Waals surface area contributed by atoms with Crippen molar-refractivity contribution in [1.82, 2.24) is 19.7 Å². The van der Waals surface area contributed by atoms with Gasteiger partial charge in [0.2, 0.25) is 0 Å². The van der Waals surface area contributed by atoms with Gasteiger partial charge in [-0.05, 0) is 18.6 Å². The maximum atomic E-state index is 4.70. The molecule has 98 valence electrons. The van der Waals surface area contributed by atoms with E-state index in [0.717, 1.165) is 30.0 Å². The van der Waals surface area contributed by atoms with E-state index in [1.165, 1.54) is 5.52 Å². The lowest BCUT2D eigenvalue weighted by Gasteiger charge is -2.08. The van der Waals surface area contributed by atoms with Crippen molar-refractivity contribution >= 4 is 16.7 Å². The quantitative estimate of drug-likeness (QED) is 0.737. The van der Waals surface area contributed by atoms with Crippen molar-refractivity contribution in [2.75, 3.05) is 5.32 Å². The molecule has 0 spiro atoms. The maximum Gasteiger partial charge on any atom is 0.129 e. The summed E-state index contributed by atoms with van der Waals surface area (Å²) in [5, 5.41) is 10.0. The van der Waals surface area contributed by atoms with Crippen LogP contribution in [0.5, 0.6) is 0 Å². The van der Waals surface area contributed by atoms with Gasteiger partial charge in [0.15, 0.2) is 0 Å². The summed E-state index contributed by atoms with van der Waals surface area (Å²) in [5.41, 5.74) is 3.24. The first-order valence-corrected chi connectivity index (χ1v) is 6.55. The molecule has 3 aromatic rings. The number of rotatable bonds is 5. The summed E-state index contributed by atoms with van der Waals surface area (Å²) in [6.07, 6.45) is 4.71. The number of fused-ring (bicyclic) bond motifs is 1. The van der Waals surface area contributed by atoms with E-state index in [1.54, 1.807) is 6.20 Å². The van der Waals surface area contributed by atoms with Gasteiger partial charge in [-0.2, -0.15) is 5.10 Å². The Hall–Kier alpha value is -2.30. The Morgan fingerprint density at radius 2 is 2.21 bits per heavy atom. The van der Waals surface area contributed by atoms with Crippen LogP contribution in [0.1, 0.15) is 19.2 Å². The largest absolute Gasteiger partial charge is 0.375 e. The molecule has 2 heterocycles. The lowest BCUT2D eigenvalue weighted by molar-refractivity contribution is 0.661. The lowest BCUT2D eigenvalue weighted by Crippen LogP contribution is -2.08. The van der Waals surface area contributed by atoms with Crippen LogP contribution in [-0.4, -0.2) is 19.7 Å². The third-order valence-electron chi connectivity index (χ3n) is 3.13. The van der Waals surface area contributed by atoms with E-state index in [1.807, 2.05) is 12.3 Å². The summed E-state index contributed by atoms with van der Waals surface area (Å²) in [6, 6.07) is 8.27. The highest BCUT2D eigenvalue weighted by Crippen LogP contribution is 2.17. The number of hydrogen-bond acceptors (Lipinski definition) is 3. The van der Waals surface area contributed by atoms with Gasteiger partial charge in [-0.3, -0.25) is 5.10 Å². The number of anilines is 1. The number of H-pyrrole nitrogens is 1. The predicted octanol–water partition coefficient (Wildman–Crippen LogP) is 2.78. The molecule has 0 fully saturated rings. The molecule has 0 bridgehead atoms. The van der Waals surface area contributed by atoms with E-state index in [4.69, 9.17) is 4.98 Å². The minimum atomic E-state index is 0.703. The summed E-state index contributed by atoms with van der Waals surface area (Å²) in [5.74, 6) is 1.06. The molecule has 0 aliphatic heterocycles. The Kier molecular flexibility index (Phi) is 3.18. The Labute approximate surface area is 111 Å². The number of aromatic amines is 1. The molecule has 0 unspecified atom stereocenters. The van der Waals surface area contributed by atoms with Crippen molar-refractivity contribution in [3.8, 4) is 0 Å². The summed E-state index contributed by atoms with van der Waals surface area (Å²) in [6.45, 7) is 3.87. The molecule has 0 saturated heterocycles. The Morgan fingerprint density at radius 3 is 3.00 bits per heavy atom. The van der Waals surface area contributed by atoms with Gasteiger partial charge in [0.1, 0.15) is 5.82 Å². The van der Waals surface area contributed by atoms with Gasteiger partial charge in [0, 0.05) is 12.7 Å². The van der Waals surface area contributed by atoms with Crippen LogP contribution in [0, 0.1) is 0 Å². The fourth-order valence-electron chi connectivity index (χ4n) is 2.26. The highest BCUT2D eigenvalue weighted by molar-refractivity contribution is 5.75. The van der Waals surface area contributed by atoms with Crippen LogP contribution in [0.2, 0.25) is 0 Å². The van der Waals surface area contributed by atoms with Crippen LogP contribution in [-0.2, 0) is 13.1 Å². The van der Waals surface area contributed by atoms with Gasteiger partial charge in [-0.25, -0.2) is 4.98 Å². The number of nitrogens with one attached hydrogen (secondary N) is 2. The number of imidazole rings is 1. The van der Waals surface area contributed by atoms with Gasteiger partial charge in [-0.1, -0.05) is 19.1 Å². The Morgan fingerprint density at radius 1 is 1.32 bits per heavy atom. The first kappa shape index (κ1) is 11.8. The zero-order valence-corrected chi connectivity index (χ0v) is 10.9. The molecule has 5 heteroatoms. The third-order valence-corrected chi connectivity index (χ3v) is 3.13. The second-order valence-electron chi connectivity index (χ2n) is 4.51. The van der Waals surface area contributed by atoms with E-state index in [9.17, 15) is 0 Å². The average Bonchev–Trinajstić information content (AvgIpc) is 3.05. The number of aryl methyl sites for hydroxylation is 1. The molecule has 0 aliphatic rings. The topological polar surface area (TPSA) is 58.5 Å². The number of nitrogens with zero attached hydrogens (tertiary/aromatic N) is 3. The first-order chi connectivity index (χ1) is 9.38. The second-order valence-corrected chi connectivity index (χ2v) is 4.51. The standard InChI is InChI=1S/C14H17N5/c1-2-7-19-13-6-4-3-5-12(13)18-14(19)10-15-11-8-16-17-9-11/h3-6,8-9,15H,2,7,10H2,1H3,(H,16,17). The number of aromatic nitrogens is 4. The molecule has 2 aromatic heterocycles. The maximum absolute atomic E-state index is 4.70. The van der Waals surface area contributed by atoms with E-state index in [-0.39, 0.29) is 0 Å². The van der Waals surface area contributed by atoms with Crippen molar-refractivity contribution in [2.45, 2.75) is 26.4 Å². The molecule has 1 aromatic carbocycles. The summed E-state index contributed by atoms with van der Waals surface area (Å²) in [7, 11) is 0. The Bertz CT molecular complexity index is 654. The summed E-state index contributed by atoms with van der Waals surface area (Å²) in [4.78, 5) is 4.70. The first-order valence-electron chi connectivity index (χ1n) is 6.55. The molecule has 0 atom stereocenters. The van der Waals surface area contributed by atoms with Crippen molar-refractivity contribution in [3.63, 3.8) is 0 Å². The number of benzene rings is 1. The molecule has 5 nitrogen and oxygen atoms in total. The Balaban J connectivity index is 1.90. The fourth-order valence-corrected chi connectivity index (χ4v) is 2.26. The van der Waals surface area contributed by atoms with Gasteiger partial charge < -0.3 is 9.88 Å². The van der Waals surface area contributed by atoms with E-state index in [0.29, 0.717) is 6.54 Å². The minimum absolute atomic E-state index is 0.703. The van der Waals surface area contributed by atoms with Gasteiger partial charge in [-0.15, -0.1) is 0 Å².